The zero-order valence-corrected chi connectivity index (χ0v) is 18.5. The minimum absolute atomic E-state index is 0.115. The quantitative estimate of drug-likeness (QED) is 0.541. The van der Waals surface area contributed by atoms with Gasteiger partial charge in [0.15, 0.2) is 0 Å². The van der Waals surface area contributed by atoms with Crippen LogP contribution in [0.5, 0.6) is 5.75 Å². The van der Waals surface area contributed by atoms with Crippen molar-refractivity contribution in [3.63, 3.8) is 0 Å². The number of aryl methyl sites for hydroxylation is 2. The molecule has 0 spiro atoms. The average Bonchev–Trinajstić information content (AvgIpc) is 2.97. The van der Waals surface area contributed by atoms with E-state index in [0.29, 0.717) is 30.2 Å². The van der Waals surface area contributed by atoms with Crippen molar-refractivity contribution in [3.8, 4) is 5.75 Å². The Morgan fingerprint density at radius 1 is 1.03 bits per heavy atom. The first kappa shape index (κ1) is 21.2. The van der Waals surface area contributed by atoms with Crippen LogP contribution in [0, 0.1) is 13.8 Å². The summed E-state index contributed by atoms with van der Waals surface area (Å²) in [6, 6.07) is 16.8. The van der Waals surface area contributed by atoms with Gasteiger partial charge in [-0.3, -0.25) is 9.10 Å². The highest BCUT2D eigenvalue weighted by Gasteiger charge is 2.34. The molecule has 4 rings (SSSR count). The molecule has 0 unspecified atom stereocenters. The van der Waals surface area contributed by atoms with Gasteiger partial charge in [0, 0.05) is 18.4 Å². The topological polar surface area (TPSA) is 75.7 Å². The monoisotopic (exact) mass is 438 g/mol. The van der Waals surface area contributed by atoms with E-state index in [-0.39, 0.29) is 18.9 Å². The predicted octanol–water partition coefficient (Wildman–Crippen LogP) is 3.94. The van der Waals surface area contributed by atoms with E-state index < -0.39 is 10.0 Å². The molecule has 1 heterocycles. The van der Waals surface area contributed by atoms with Crippen molar-refractivity contribution in [1.82, 2.24) is 5.32 Å². The third kappa shape index (κ3) is 4.23. The zero-order chi connectivity index (χ0) is 22.0. The molecule has 0 aliphatic carbocycles. The minimum Gasteiger partial charge on any atom is -0.492 e. The van der Waals surface area contributed by atoms with E-state index in [4.69, 9.17) is 4.74 Å². The summed E-state index contributed by atoms with van der Waals surface area (Å²) in [7, 11) is -3.57. The van der Waals surface area contributed by atoms with Gasteiger partial charge < -0.3 is 10.1 Å². The standard InChI is InChI=1S/C24H26N2O4S/c1-17-11-12-20(16-18(17)2)30-15-13-25-23(27)10-5-14-26-21-8-3-6-19-7-4-9-22(24(19)21)31(26,28)29/h3-4,6-9,11-12,16H,5,10,13-15H2,1-2H3,(H,25,27). The van der Waals surface area contributed by atoms with Crippen LogP contribution in [0.15, 0.2) is 59.5 Å². The Morgan fingerprint density at radius 2 is 1.81 bits per heavy atom. The summed E-state index contributed by atoms with van der Waals surface area (Å²) in [6.45, 7) is 5.13. The van der Waals surface area contributed by atoms with Gasteiger partial charge in [-0.1, -0.05) is 30.3 Å². The lowest BCUT2D eigenvalue weighted by Crippen LogP contribution is -2.31. The Kier molecular flexibility index (Phi) is 5.87. The molecule has 3 aromatic carbocycles. The average molecular weight is 439 g/mol. The van der Waals surface area contributed by atoms with Crippen LogP contribution < -0.4 is 14.4 Å². The van der Waals surface area contributed by atoms with Crippen LogP contribution in [0.3, 0.4) is 0 Å². The van der Waals surface area contributed by atoms with Crippen molar-refractivity contribution in [2.45, 2.75) is 31.6 Å². The number of carbonyl (C=O) groups excluding carboxylic acids is 1. The van der Waals surface area contributed by atoms with Gasteiger partial charge in [-0.2, -0.15) is 0 Å². The summed E-state index contributed by atoms with van der Waals surface area (Å²) in [5, 5.41) is 4.50. The fraction of sp³-hybridized carbons (Fsp3) is 0.292. The lowest BCUT2D eigenvalue weighted by atomic mass is 10.1. The van der Waals surface area contributed by atoms with Crippen molar-refractivity contribution < 1.29 is 17.9 Å². The Labute approximate surface area is 182 Å². The Hall–Kier alpha value is -3.06. The zero-order valence-electron chi connectivity index (χ0n) is 17.7. The van der Waals surface area contributed by atoms with Crippen LogP contribution in [0.25, 0.3) is 10.8 Å². The lowest BCUT2D eigenvalue weighted by molar-refractivity contribution is -0.121. The molecule has 0 saturated carbocycles. The van der Waals surface area contributed by atoms with E-state index in [1.807, 2.05) is 56.3 Å². The van der Waals surface area contributed by atoms with E-state index >= 15 is 0 Å². The molecule has 1 amide bonds. The highest BCUT2D eigenvalue weighted by molar-refractivity contribution is 7.93. The van der Waals surface area contributed by atoms with E-state index in [9.17, 15) is 13.2 Å². The molecule has 1 N–H and O–H groups in total. The van der Waals surface area contributed by atoms with Crippen LogP contribution in [0.1, 0.15) is 24.0 Å². The number of carbonyl (C=O) groups is 1. The fourth-order valence-corrected chi connectivity index (χ4v) is 5.58. The molecule has 3 aromatic rings. The molecule has 1 aliphatic heterocycles. The Balaban J connectivity index is 1.26. The fourth-order valence-electron chi connectivity index (χ4n) is 3.83. The van der Waals surface area contributed by atoms with Crippen LogP contribution >= 0.6 is 0 Å². The second kappa shape index (κ2) is 8.59. The first-order valence-electron chi connectivity index (χ1n) is 10.4. The Morgan fingerprint density at radius 3 is 2.58 bits per heavy atom. The van der Waals surface area contributed by atoms with Crippen molar-refractivity contribution >= 4 is 32.4 Å². The molecule has 0 aromatic heterocycles. The number of ether oxygens (including phenoxy) is 1. The number of hydrogen-bond donors (Lipinski definition) is 1. The molecule has 0 atom stereocenters. The highest BCUT2D eigenvalue weighted by atomic mass is 32.2. The molecule has 0 saturated heterocycles. The molecule has 0 radical (unpaired) electrons. The number of nitrogens with one attached hydrogen (secondary N) is 1. The third-order valence-corrected chi connectivity index (χ3v) is 7.47. The summed E-state index contributed by atoms with van der Waals surface area (Å²) in [5.74, 6) is 0.668. The van der Waals surface area contributed by atoms with Gasteiger partial charge in [-0.05, 0) is 61.0 Å². The first-order valence-corrected chi connectivity index (χ1v) is 11.8. The molecule has 6 nitrogen and oxygen atoms in total. The van der Waals surface area contributed by atoms with Crippen molar-refractivity contribution in [2.75, 3.05) is 24.0 Å². The normalized spacial score (nSPS) is 14.1. The second-order valence-electron chi connectivity index (χ2n) is 7.76. The maximum atomic E-state index is 12.9. The minimum atomic E-state index is -3.57. The second-order valence-corrected chi connectivity index (χ2v) is 9.59. The number of anilines is 1. The van der Waals surface area contributed by atoms with Gasteiger partial charge in [0.1, 0.15) is 12.4 Å². The third-order valence-electron chi connectivity index (χ3n) is 5.62. The van der Waals surface area contributed by atoms with E-state index in [0.717, 1.165) is 22.1 Å². The summed E-state index contributed by atoms with van der Waals surface area (Å²) < 4.78 is 33.0. The predicted molar refractivity (Wildman–Crippen MR) is 122 cm³/mol. The van der Waals surface area contributed by atoms with Gasteiger partial charge in [0.05, 0.1) is 17.1 Å². The van der Waals surface area contributed by atoms with E-state index in [2.05, 4.69) is 5.32 Å². The van der Waals surface area contributed by atoms with Crippen molar-refractivity contribution in [1.29, 1.82) is 0 Å². The number of hydrogen-bond acceptors (Lipinski definition) is 4. The molecule has 7 heteroatoms. The SMILES string of the molecule is Cc1ccc(OCCNC(=O)CCCN2c3cccc4cccc(c34)S2(=O)=O)cc1C. The van der Waals surface area contributed by atoms with Crippen LogP contribution in [-0.2, 0) is 14.8 Å². The van der Waals surface area contributed by atoms with E-state index in [1.54, 1.807) is 12.1 Å². The van der Waals surface area contributed by atoms with Gasteiger partial charge in [0.25, 0.3) is 10.0 Å². The summed E-state index contributed by atoms with van der Waals surface area (Å²) in [5.41, 5.74) is 3.06. The van der Waals surface area contributed by atoms with E-state index in [1.165, 1.54) is 9.87 Å². The molecule has 162 valence electrons. The molecule has 0 fully saturated rings. The van der Waals surface area contributed by atoms with Gasteiger partial charge in [-0.25, -0.2) is 8.42 Å². The highest BCUT2D eigenvalue weighted by Crippen LogP contribution is 2.41. The maximum Gasteiger partial charge on any atom is 0.265 e. The van der Waals surface area contributed by atoms with Gasteiger partial charge >= 0.3 is 0 Å². The number of nitrogens with zero attached hydrogens (tertiary/aromatic N) is 1. The van der Waals surface area contributed by atoms with Crippen molar-refractivity contribution in [2.24, 2.45) is 0 Å². The number of amides is 1. The van der Waals surface area contributed by atoms with Crippen molar-refractivity contribution in [3.05, 3.63) is 65.7 Å². The summed E-state index contributed by atoms with van der Waals surface area (Å²) in [6.07, 6.45) is 0.690. The smallest absolute Gasteiger partial charge is 0.265 e. The van der Waals surface area contributed by atoms with Gasteiger partial charge in [0.2, 0.25) is 5.91 Å². The molecule has 0 bridgehead atoms. The number of rotatable bonds is 8. The maximum absolute atomic E-state index is 12.9. The van der Waals surface area contributed by atoms with Crippen LogP contribution in [0.2, 0.25) is 0 Å². The summed E-state index contributed by atoms with van der Waals surface area (Å²) >= 11 is 0. The molecular formula is C24H26N2O4S. The lowest BCUT2D eigenvalue weighted by Gasteiger charge is -2.18. The first-order chi connectivity index (χ1) is 14.9. The van der Waals surface area contributed by atoms with Crippen LogP contribution in [-0.4, -0.2) is 34.0 Å². The molecule has 1 aliphatic rings. The van der Waals surface area contributed by atoms with Gasteiger partial charge in [-0.15, -0.1) is 0 Å². The molecule has 31 heavy (non-hydrogen) atoms. The number of sulfonamides is 1. The number of benzene rings is 3. The largest absolute Gasteiger partial charge is 0.492 e. The molecular weight excluding hydrogens is 412 g/mol. The van der Waals surface area contributed by atoms with Crippen LogP contribution in [0.4, 0.5) is 5.69 Å². The Bertz CT molecular complexity index is 1230. The summed E-state index contributed by atoms with van der Waals surface area (Å²) in [4.78, 5) is 12.5.